The number of nitriles is 1. The molecule has 0 bridgehead atoms. The molecular formula is C26H24ClN3O4. The lowest BCUT2D eigenvalue weighted by molar-refractivity contribution is -0.139. The average molecular weight is 478 g/mol. The zero-order valence-electron chi connectivity index (χ0n) is 18.9. The number of nitrogens with zero attached hydrogens (tertiary/aromatic N) is 2. The Morgan fingerprint density at radius 1 is 1.15 bits per heavy atom. The molecule has 0 fully saturated rings. The quantitative estimate of drug-likeness (QED) is 0.435. The summed E-state index contributed by atoms with van der Waals surface area (Å²) >= 11 is 6.22. The molecule has 1 aliphatic rings. The van der Waals surface area contributed by atoms with Crippen molar-refractivity contribution in [2.75, 3.05) is 13.2 Å². The van der Waals surface area contributed by atoms with Gasteiger partial charge < -0.3 is 14.8 Å². The number of carbonyl (C=O) groups excluding carboxylic acids is 2. The van der Waals surface area contributed by atoms with Crippen LogP contribution in [0, 0.1) is 11.3 Å². The Bertz CT molecular complexity index is 1200. The zero-order chi connectivity index (χ0) is 24.5. The fourth-order valence-electron chi connectivity index (χ4n) is 3.68. The summed E-state index contributed by atoms with van der Waals surface area (Å²) in [6, 6.07) is 12.6. The second-order valence-corrected chi connectivity index (χ2v) is 7.96. The topological polar surface area (TPSA) is 101 Å². The zero-order valence-corrected chi connectivity index (χ0v) is 19.6. The molecule has 174 valence electrons. The number of aromatic nitrogens is 1. The highest BCUT2D eigenvalue weighted by atomic mass is 35.5. The van der Waals surface area contributed by atoms with Crippen LogP contribution in [0.5, 0.6) is 0 Å². The van der Waals surface area contributed by atoms with Gasteiger partial charge in [0.05, 0.1) is 29.6 Å². The highest BCUT2D eigenvalue weighted by Crippen LogP contribution is 2.39. The lowest BCUT2D eigenvalue weighted by Crippen LogP contribution is -2.32. The van der Waals surface area contributed by atoms with Gasteiger partial charge >= 0.3 is 11.9 Å². The second-order valence-electron chi connectivity index (χ2n) is 7.52. The summed E-state index contributed by atoms with van der Waals surface area (Å²) in [5, 5.41) is 12.3. The molecule has 0 amide bonds. The van der Waals surface area contributed by atoms with E-state index in [1.54, 1.807) is 62.7 Å². The molecule has 2 aromatic rings. The van der Waals surface area contributed by atoms with Crippen molar-refractivity contribution in [1.82, 2.24) is 10.3 Å². The first-order chi connectivity index (χ1) is 16.4. The number of halogens is 1. The number of hydrogen-bond donors (Lipinski definition) is 1. The number of hydrogen-bond acceptors (Lipinski definition) is 7. The van der Waals surface area contributed by atoms with E-state index in [0.29, 0.717) is 22.0 Å². The Morgan fingerprint density at radius 2 is 1.88 bits per heavy atom. The van der Waals surface area contributed by atoms with Gasteiger partial charge in [-0.25, -0.2) is 9.59 Å². The second kappa shape index (κ2) is 11.8. The number of pyridine rings is 1. The number of dihydropyridines is 1. The van der Waals surface area contributed by atoms with Crippen LogP contribution in [0.4, 0.5) is 0 Å². The highest BCUT2D eigenvalue weighted by Gasteiger charge is 2.38. The van der Waals surface area contributed by atoms with Crippen LogP contribution in [0.15, 0.2) is 77.4 Å². The van der Waals surface area contributed by atoms with Gasteiger partial charge in [-0.2, -0.15) is 5.26 Å². The van der Waals surface area contributed by atoms with E-state index in [4.69, 9.17) is 26.3 Å². The first kappa shape index (κ1) is 24.7. The van der Waals surface area contributed by atoms with Crippen LogP contribution >= 0.6 is 11.6 Å². The van der Waals surface area contributed by atoms with Gasteiger partial charge in [-0.1, -0.05) is 35.9 Å². The number of allylic oxidation sites excluding steroid dienone is 2. The van der Waals surface area contributed by atoms with Crippen molar-refractivity contribution in [3.8, 4) is 6.07 Å². The van der Waals surface area contributed by atoms with Crippen molar-refractivity contribution in [3.63, 3.8) is 0 Å². The number of esters is 2. The van der Waals surface area contributed by atoms with Crippen LogP contribution in [0.1, 0.15) is 37.3 Å². The molecule has 34 heavy (non-hydrogen) atoms. The average Bonchev–Trinajstić information content (AvgIpc) is 2.82. The van der Waals surface area contributed by atoms with Gasteiger partial charge in [-0.05, 0) is 49.2 Å². The minimum atomic E-state index is -0.746. The van der Waals surface area contributed by atoms with E-state index in [2.05, 4.69) is 10.3 Å². The van der Waals surface area contributed by atoms with Gasteiger partial charge in [0.2, 0.25) is 0 Å². The Morgan fingerprint density at radius 3 is 2.53 bits per heavy atom. The summed E-state index contributed by atoms with van der Waals surface area (Å²) in [6.07, 6.45) is 6.96. The summed E-state index contributed by atoms with van der Waals surface area (Å²) in [6.45, 7) is 3.48. The molecular weight excluding hydrogens is 454 g/mol. The van der Waals surface area contributed by atoms with E-state index in [9.17, 15) is 9.59 Å². The van der Waals surface area contributed by atoms with E-state index in [-0.39, 0.29) is 30.8 Å². The molecule has 2 heterocycles. The Balaban J connectivity index is 1.89. The third kappa shape index (κ3) is 6.12. The molecule has 0 aliphatic carbocycles. The van der Waals surface area contributed by atoms with E-state index in [0.717, 1.165) is 5.56 Å². The van der Waals surface area contributed by atoms with Crippen LogP contribution in [0.2, 0.25) is 5.02 Å². The largest absolute Gasteiger partial charge is 0.461 e. The first-order valence-electron chi connectivity index (χ1n) is 10.6. The van der Waals surface area contributed by atoms with Crippen molar-refractivity contribution in [3.05, 3.63) is 93.6 Å². The maximum absolute atomic E-state index is 13.2. The van der Waals surface area contributed by atoms with Crippen LogP contribution in [0.3, 0.4) is 0 Å². The lowest BCUT2D eigenvalue weighted by atomic mass is 9.80. The van der Waals surface area contributed by atoms with E-state index in [1.165, 1.54) is 0 Å². The van der Waals surface area contributed by atoms with Crippen molar-refractivity contribution in [2.45, 2.75) is 26.2 Å². The third-order valence-corrected chi connectivity index (χ3v) is 5.37. The normalized spacial score (nSPS) is 15.6. The number of nitrogens with one attached hydrogen (secondary N) is 1. The molecule has 0 saturated carbocycles. The number of rotatable bonds is 8. The summed E-state index contributed by atoms with van der Waals surface area (Å²) in [7, 11) is 0. The summed E-state index contributed by atoms with van der Waals surface area (Å²) in [4.78, 5) is 30.2. The number of carbonyl (C=O) groups is 2. The highest BCUT2D eigenvalue weighted by molar-refractivity contribution is 6.30. The van der Waals surface area contributed by atoms with Gasteiger partial charge in [-0.15, -0.1) is 0 Å². The molecule has 1 atom stereocenters. The predicted octanol–water partition coefficient (Wildman–Crippen LogP) is 4.68. The maximum Gasteiger partial charge on any atom is 0.337 e. The molecule has 1 aromatic carbocycles. The lowest BCUT2D eigenvalue weighted by Gasteiger charge is -2.30. The van der Waals surface area contributed by atoms with Crippen LogP contribution in [-0.4, -0.2) is 30.1 Å². The van der Waals surface area contributed by atoms with Gasteiger partial charge in [0, 0.05) is 28.8 Å². The number of ether oxygens (including phenoxy) is 2. The van der Waals surface area contributed by atoms with Crippen LogP contribution in [-0.2, 0) is 19.1 Å². The standard InChI is InChI=1S/C26H24ClN3O4/c1-17-22(25(31)33-13-5-8-19-7-4-12-29-16-19)24(20-9-3-10-21(27)15-20)23(18(2)30-17)26(32)34-14-6-11-28/h3-5,7-10,12,15-16,24,30H,6,13-14H2,1-2H3. The molecule has 0 saturated heterocycles. The first-order valence-corrected chi connectivity index (χ1v) is 11.0. The van der Waals surface area contributed by atoms with E-state index < -0.39 is 17.9 Å². The monoisotopic (exact) mass is 477 g/mol. The predicted molar refractivity (Wildman–Crippen MR) is 128 cm³/mol. The molecule has 0 radical (unpaired) electrons. The van der Waals surface area contributed by atoms with E-state index in [1.807, 2.05) is 18.2 Å². The Labute approximate surface area is 203 Å². The van der Waals surface area contributed by atoms with Crippen LogP contribution in [0.25, 0.3) is 6.08 Å². The van der Waals surface area contributed by atoms with Gasteiger partial charge in [0.15, 0.2) is 0 Å². The Hall–Kier alpha value is -3.89. The molecule has 3 rings (SSSR count). The SMILES string of the molecule is CC1=C(C(=O)OCC=Cc2cccnc2)C(c2cccc(Cl)c2)C(C(=O)OCCC#N)=C(C)N1. The fourth-order valence-corrected chi connectivity index (χ4v) is 3.88. The van der Waals surface area contributed by atoms with Crippen molar-refractivity contribution in [2.24, 2.45) is 0 Å². The van der Waals surface area contributed by atoms with Crippen molar-refractivity contribution in [1.29, 1.82) is 5.26 Å². The smallest absolute Gasteiger partial charge is 0.337 e. The fraction of sp³-hybridized carbons (Fsp3) is 0.231. The summed E-state index contributed by atoms with van der Waals surface area (Å²) in [5.41, 5.74) is 3.21. The van der Waals surface area contributed by atoms with Crippen molar-refractivity contribution < 1.29 is 19.1 Å². The molecule has 7 nitrogen and oxygen atoms in total. The van der Waals surface area contributed by atoms with Gasteiger partial charge in [0.25, 0.3) is 0 Å². The van der Waals surface area contributed by atoms with Gasteiger partial charge in [0.1, 0.15) is 13.2 Å². The molecule has 1 N–H and O–H groups in total. The number of benzene rings is 1. The van der Waals surface area contributed by atoms with E-state index >= 15 is 0 Å². The maximum atomic E-state index is 13.2. The third-order valence-electron chi connectivity index (χ3n) is 5.13. The van der Waals surface area contributed by atoms with Gasteiger partial charge in [-0.3, -0.25) is 4.98 Å². The summed E-state index contributed by atoms with van der Waals surface area (Å²) < 4.78 is 10.8. The van der Waals surface area contributed by atoms with Crippen molar-refractivity contribution >= 4 is 29.6 Å². The minimum absolute atomic E-state index is 0.0391. The molecule has 1 aromatic heterocycles. The van der Waals surface area contributed by atoms with Crippen LogP contribution < -0.4 is 5.32 Å². The molecule has 8 heteroatoms. The Kier molecular flexibility index (Phi) is 8.60. The molecule has 1 aliphatic heterocycles. The summed E-state index contributed by atoms with van der Waals surface area (Å²) in [5.74, 6) is -1.93. The molecule has 0 spiro atoms. The minimum Gasteiger partial charge on any atom is -0.461 e. The molecule has 1 unspecified atom stereocenters.